The fraction of sp³-hybridized carbons (Fsp3) is 0.556. The van der Waals surface area contributed by atoms with Gasteiger partial charge < -0.3 is 35.4 Å². The first kappa shape index (κ1) is 52.7. The van der Waals surface area contributed by atoms with Gasteiger partial charge in [-0.3, -0.25) is 0 Å². The van der Waals surface area contributed by atoms with Gasteiger partial charge in [-0.1, -0.05) is 25.7 Å². The minimum atomic E-state index is -2.12. The molecule has 0 aliphatic carbocycles. The van der Waals surface area contributed by atoms with Crippen LogP contribution in [-0.2, 0) is 16.5 Å². The Hall–Kier alpha value is -2.66. The SMILES string of the molecule is Cc1cc(OC(=O)c2ccc(OCCCCC[Si](C)(C)O[Si](C)(C)O[Si](C)(C)C)cc2)ccc1OC(=O)c1ccc(OCCCCC[Si](C)(C)O[Si](C)(C)O[Si](C)(C)C)cc1. The number of carbonyl (C=O) groups is 2. The zero-order valence-corrected chi connectivity index (χ0v) is 46.0. The van der Waals surface area contributed by atoms with Crippen molar-refractivity contribution in [2.75, 3.05) is 13.2 Å². The monoisotopic (exact) mass is 944 g/mol. The van der Waals surface area contributed by atoms with Gasteiger partial charge in [0, 0.05) is 0 Å². The lowest BCUT2D eigenvalue weighted by atomic mass is 10.2. The minimum absolute atomic E-state index is 0.354. The van der Waals surface area contributed by atoms with Crippen LogP contribution in [0, 0.1) is 6.92 Å². The summed E-state index contributed by atoms with van der Waals surface area (Å²) in [5.74, 6) is 1.18. The molecule has 0 heterocycles. The topological polar surface area (TPSA) is 108 Å². The minimum Gasteiger partial charge on any atom is -0.494 e. The molecule has 10 nitrogen and oxygen atoms in total. The number of carbonyl (C=O) groups excluding carboxylic acids is 2. The Morgan fingerprint density at radius 1 is 0.443 bits per heavy atom. The molecule has 0 bridgehead atoms. The second-order valence-electron chi connectivity index (χ2n) is 20.0. The number of benzene rings is 3. The van der Waals surface area contributed by atoms with Crippen molar-refractivity contribution < 1.29 is 45.0 Å². The quantitative estimate of drug-likeness (QED) is 0.0334. The maximum Gasteiger partial charge on any atom is 0.343 e. The largest absolute Gasteiger partial charge is 0.494 e. The summed E-state index contributed by atoms with van der Waals surface area (Å²) in [6.07, 6.45) is 6.22. The first-order chi connectivity index (χ1) is 28.1. The summed E-state index contributed by atoms with van der Waals surface area (Å²) in [5, 5.41) is 0. The third kappa shape index (κ3) is 21.5. The van der Waals surface area contributed by atoms with Crippen molar-refractivity contribution in [1.82, 2.24) is 0 Å². The van der Waals surface area contributed by atoms with E-state index in [1.807, 2.05) is 0 Å². The van der Waals surface area contributed by atoms with Crippen LogP contribution in [0.5, 0.6) is 23.0 Å². The molecule has 0 saturated heterocycles. The van der Waals surface area contributed by atoms with Crippen molar-refractivity contribution in [2.24, 2.45) is 0 Å². The highest BCUT2D eigenvalue weighted by Gasteiger charge is 2.38. The van der Waals surface area contributed by atoms with Gasteiger partial charge in [0.25, 0.3) is 0 Å². The molecule has 0 aliphatic rings. The van der Waals surface area contributed by atoms with E-state index in [0.29, 0.717) is 52.9 Å². The summed E-state index contributed by atoms with van der Waals surface area (Å²) in [6.45, 7) is 34.2. The van der Waals surface area contributed by atoms with Crippen LogP contribution in [0.15, 0.2) is 66.7 Å². The van der Waals surface area contributed by atoms with Gasteiger partial charge in [0.2, 0.25) is 0 Å². The summed E-state index contributed by atoms with van der Waals surface area (Å²) in [5.41, 5.74) is 1.48. The first-order valence-electron chi connectivity index (χ1n) is 21.9. The average Bonchev–Trinajstić information content (AvgIpc) is 3.09. The molecule has 340 valence electrons. The number of hydrogen-bond acceptors (Lipinski definition) is 10. The van der Waals surface area contributed by atoms with Crippen molar-refractivity contribution in [3.05, 3.63) is 83.4 Å². The van der Waals surface area contributed by atoms with E-state index in [0.717, 1.165) is 50.6 Å². The standard InChI is InChI=1S/C45H76O10Si6/c1-37-36-42(50-44(46)38-22-26-40(27-23-38)48-32-18-16-20-34-58(8,9)54-60(12,13)52-56(2,3)4)30-31-43(37)51-45(47)39-24-28-41(29-25-39)49-33-19-17-21-35-59(10,11)55-61(14,15)53-57(5,6)7/h22-31,36H,16-21,32-35H2,1-15H3. The Morgan fingerprint density at radius 2 is 0.820 bits per heavy atom. The molecular weight excluding hydrogens is 869 g/mol. The summed E-state index contributed by atoms with van der Waals surface area (Å²) >= 11 is 0. The van der Waals surface area contributed by atoms with Crippen molar-refractivity contribution in [3.63, 3.8) is 0 Å². The zero-order valence-electron chi connectivity index (χ0n) is 40.0. The molecule has 0 fully saturated rings. The summed E-state index contributed by atoms with van der Waals surface area (Å²) < 4.78 is 49.2. The molecule has 0 N–H and O–H groups in total. The highest BCUT2D eigenvalue weighted by molar-refractivity contribution is 6.88. The predicted octanol–water partition coefficient (Wildman–Crippen LogP) is 13.1. The summed E-state index contributed by atoms with van der Waals surface area (Å²) in [7, 11) is -11.1. The van der Waals surface area contributed by atoms with E-state index < -0.39 is 62.3 Å². The Bertz CT molecular complexity index is 1840. The summed E-state index contributed by atoms with van der Waals surface area (Å²) in [4.78, 5) is 25.9. The molecule has 0 aromatic heterocycles. The molecule has 16 heteroatoms. The Morgan fingerprint density at radius 3 is 1.20 bits per heavy atom. The van der Waals surface area contributed by atoms with Gasteiger partial charge in [0.15, 0.2) is 33.3 Å². The van der Waals surface area contributed by atoms with Crippen LogP contribution < -0.4 is 18.9 Å². The fourth-order valence-corrected chi connectivity index (χ4v) is 34.0. The van der Waals surface area contributed by atoms with Gasteiger partial charge in [0.05, 0.1) is 24.3 Å². The average molecular weight is 946 g/mol. The van der Waals surface area contributed by atoms with Gasteiger partial charge in [-0.25, -0.2) is 9.59 Å². The van der Waals surface area contributed by atoms with Gasteiger partial charge in [-0.05, 0) is 196 Å². The molecular formula is C45H76O10Si6. The van der Waals surface area contributed by atoms with E-state index in [2.05, 4.69) is 91.7 Å². The molecule has 0 saturated carbocycles. The smallest absolute Gasteiger partial charge is 0.343 e. The maximum atomic E-state index is 13.0. The molecule has 0 spiro atoms. The Labute approximate surface area is 374 Å². The van der Waals surface area contributed by atoms with Crippen LogP contribution >= 0.6 is 0 Å². The molecule has 3 aromatic rings. The highest BCUT2D eigenvalue weighted by Crippen LogP contribution is 2.28. The Kier molecular flexibility index (Phi) is 19.7. The lowest BCUT2D eigenvalue weighted by Crippen LogP contribution is -2.51. The van der Waals surface area contributed by atoms with Crippen LogP contribution in [0.4, 0.5) is 0 Å². The van der Waals surface area contributed by atoms with Crippen LogP contribution in [0.1, 0.15) is 64.8 Å². The molecule has 61 heavy (non-hydrogen) atoms. The van der Waals surface area contributed by atoms with Crippen LogP contribution in [0.25, 0.3) is 0 Å². The summed E-state index contributed by atoms with van der Waals surface area (Å²) in [6, 6.07) is 21.1. The van der Waals surface area contributed by atoms with Crippen molar-refractivity contribution in [1.29, 1.82) is 0 Å². The predicted molar refractivity (Wildman–Crippen MR) is 263 cm³/mol. The molecule has 3 aromatic carbocycles. The lowest BCUT2D eigenvalue weighted by molar-refractivity contribution is 0.0718. The normalized spacial score (nSPS) is 12.9. The molecule has 3 rings (SSSR count). The van der Waals surface area contributed by atoms with Crippen molar-refractivity contribution in [3.8, 4) is 23.0 Å². The first-order valence-corrected chi connectivity index (χ1v) is 40.6. The number of esters is 2. The van der Waals surface area contributed by atoms with E-state index in [1.54, 1.807) is 73.7 Å². The van der Waals surface area contributed by atoms with E-state index in [9.17, 15) is 9.59 Å². The van der Waals surface area contributed by atoms with Gasteiger partial charge in [-0.15, -0.1) is 0 Å². The van der Waals surface area contributed by atoms with E-state index in [4.69, 9.17) is 35.4 Å². The molecule has 0 unspecified atom stereocenters. The fourth-order valence-electron chi connectivity index (χ4n) is 7.49. The number of rotatable bonds is 26. The van der Waals surface area contributed by atoms with E-state index >= 15 is 0 Å². The third-order valence-corrected chi connectivity index (χ3v) is 29.6. The number of aryl methyl sites for hydroxylation is 1. The Balaban J connectivity index is 1.36. The molecule has 0 aliphatic heterocycles. The van der Waals surface area contributed by atoms with Crippen molar-refractivity contribution >= 4 is 62.3 Å². The second-order valence-corrected chi connectivity index (χ2v) is 45.4. The van der Waals surface area contributed by atoms with Gasteiger partial charge in [0.1, 0.15) is 23.0 Å². The van der Waals surface area contributed by atoms with E-state index in [-0.39, 0.29) is 0 Å². The maximum absolute atomic E-state index is 13.0. The lowest BCUT2D eigenvalue weighted by Gasteiger charge is -2.37. The number of unbranched alkanes of at least 4 members (excludes halogenated alkanes) is 4. The van der Waals surface area contributed by atoms with E-state index in [1.165, 1.54) is 0 Å². The number of ether oxygens (including phenoxy) is 4. The van der Waals surface area contributed by atoms with Gasteiger partial charge >= 0.3 is 29.1 Å². The zero-order chi connectivity index (χ0) is 45.7. The molecule has 0 atom stereocenters. The highest BCUT2D eigenvalue weighted by atomic mass is 28.5. The number of hydrogen-bond donors (Lipinski definition) is 0. The molecule has 0 radical (unpaired) electrons. The van der Waals surface area contributed by atoms with Crippen LogP contribution in [-0.4, -0.2) is 75.5 Å². The van der Waals surface area contributed by atoms with Crippen molar-refractivity contribution in [2.45, 2.75) is 149 Å². The van der Waals surface area contributed by atoms with Gasteiger partial charge in [-0.2, -0.15) is 0 Å². The second kappa shape index (κ2) is 22.8. The van der Waals surface area contributed by atoms with Crippen LogP contribution in [0.2, 0.25) is 104 Å². The molecule has 0 amide bonds. The third-order valence-electron chi connectivity index (χ3n) is 9.27. The van der Waals surface area contributed by atoms with Crippen LogP contribution in [0.3, 0.4) is 0 Å².